The van der Waals surface area contributed by atoms with Crippen molar-refractivity contribution >= 4 is 17.9 Å². The Morgan fingerprint density at radius 1 is 1.03 bits per heavy atom. The number of ether oxygens (including phenoxy) is 2. The Balaban J connectivity index is 2.21. The van der Waals surface area contributed by atoms with E-state index in [1.807, 2.05) is 0 Å². The molecule has 0 spiro atoms. The van der Waals surface area contributed by atoms with Gasteiger partial charge in [0.05, 0.1) is 0 Å². The average molecular weight is 400 g/mol. The second-order valence-electron chi connectivity index (χ2n) is 5.77. The molecule has 0 heterocycles. The van der Waals surface area contributed by atoms with Crippen LogP contribution in [-0.4, -0.2) is 41.4 Å². The largest absolute Gasteiger partial charge is 0.508 e. The third kappa shape index (κ3) is 6.45. The maximum Gasteiger partial charge on any atom is 0.414 e. The molecule has 0 aliphatic rings. The number of aromatic hydroxyl groups is 1. The van der Waals surface area contributed by atoms with E-state index in [1.54, 1.807) is 18.2 Å². The Labute approximate surface area is 166 Å². The van der Waals surface area contributed by atoms with Crippen molar-refractivity contribution in [2.45, 2.75) is 12.2 Å². The van der Waals surface area contributed by atoms with E-state index in [0.717, 1.165) is 6.08 Å². The summed E-state index contributed by atoms with van der Waals surface area (Å²) in [5.74, 6) is -1.45. The summed E-state index contributed by atoms with van der Waals surface area (Å²) in [5.41, 5.74) is 2.14. The average Bonchev–Trinajstić information content (AvgIpc) is 2.74. The molecule has 4 N–H and O–H groups in total. The highest BCUT2D eigenvalue weighted by Gasteiger charge is 2.26. The maximum atomic E-state index is 12.3. The van der Waals surface area contributed by atoms with Gasteiger partial charge in [0.25, 0.3) is 11.8 Å². The predicted molar refractivity (Wildman–Crippen MR) is 101 cm³/mol. The molecule has 9 nitrogen and oxygen atoms in total. The number of carbonyl (C=O) groups excluding carboxylic acids is 3. The molecule has 2 atom stereocenters. The summed E-state index contributed by atoms with van der Waals surface area (Å²) in [5, 5.41) is 20.2. The number of hydroxylamine groups is 1. The standard InChI is InChI=1S/C20H20N2O7/c1-28-16(11-12-17(24)22-27)18(13-7-9-15(23)10-8-13)29-20(26)21-19(25)14-5-3-2-4-6-14/h2-12,16,18,23,27H,1H3,(H,22,24)(H,21,25,26)/b12-11+/t16-,18-/m1/s1. The van der Waals surface area contributed by atoms with Crippen molar-refractivity contribution in [2.75, 3.05) is 7.11 Å². The van der Waals surface area contributed by atoms with Gasteiger partial charge in [0.15, 0.2) is 6.10 Å². The lowest BCUT2D eigenvalue weighted by molar-refractivity contribution is -0.124. The highest BCUT2D eigenvalue weighted by atomic mass is 16.6. The molecular formula is C20H20N2O7. The molecule has 0 aliphatic carbocycles. The third-order valence-corrected chi connectivity index (χ3v) is 3.83. The van der Waals surface area contributed by atoms with Crippen molar-refractivity contribution in [2.24, 2.45) is 0 Å². The first kappa shape index (κ1) is 21.6. The summed E-state index contributed by atoms with van der Waals surface area (Å²) in [7, 11) is 1.33. The minimum absolute atomic E-state index is 0.000346. The molecule has 0 saturated carbocycles. The summed E-state index contributed by atoms with van der Waals surface area (Å²) < 4.78 is 10.6. The second-order valence-corrected chi connectivity index (χ2v) is 5.77. The molecule has 0 aromatic heterocycles. The zero-order valence-corrected chi connectivity index (χ0v) is 15.4. The maximum absolute atomic E-state index is 12.3. The van der Waals surface area contributed by atoms with Crippen LogP contribution >= 0.6 is 0 Å². The molecule has 0 saturated heterocycles. The minimum atomic E-state index is -1.06. The predicted octanol–water partition coefficient (Wildman–Crippen LogP) is 2.08. The van der Waals surface area contributed by atoms with E-state index in [9.17, 15) is 19.5 Å². The summed E-state index contributed by atoms with van der Waals surface area (Å²) in [6.07, 6.45) is -0.756. The molecule has 0 fully saturated rings. The zero-order chi connectivity index (χ0) is 21.2. The van der Waals surface area contributed by atoms with Gasteiger partial charge in [0.2, 0.25) is 0 Å². The van der Waals surface area contributed by atoms with Crippen LogP contribution in [0.15, 0.2) is 66.7 Å². The van der Waals surface area contributed by atoms with Gasteiger partial charge in [-0.3, -0.25) is 20.1 Å². The zero-order valence-electron chi connectivity index (χ0n) is 15.4. The van der Waals surface area contributed by atoms with Crippen molar-refractivity contribution < 1.29 is 34.2 Å². The first-order chi connectivity index (χ1) is 13.9. The summed E-state index contributed by atoms with van der Waals surface area (Å²) in [4.78, 5) is 35.7. The Morgan fingerprint density at radius 2 is 1.69 bits per heavy atom. The number of amides is 3. The van der Waals surface area contributed by atoms with Crippen molar-refractivity contribution in [1.29, 1.82) is 0 Å². The Morgan fingerprint density at radius 3 is 2.28 bits per heavy atom. The quantitative estimate of drug-likeness (QED) is 0.317. The van der Waals surface area contributed by atoms with Gasteiger partial charge < -0.3 is 14.6 Å². The monoisotopic (exact) mass is 400 g/mol. The second kappa shape index (κ2) is 10.6. The number of phenols is 1. The van der Waals surface area contributed by atoms with Gasteiger partial charge in [-0.1, -0.05) is 30.3 Å². The SMILES string of the molecule is CO[C@H](/C=C/C(=O)NO)[C@H](OC(=O)NC(=O)c1ccccc1)c1ccc(O)cc1. The Bertz CT molecular complexity index is 866. The number of hydrogen-bond donors (Lipinski definition) is 4. The normalized spacial score (nSPS) is 12.8. The molecule has 9 heteroatoms. The van der Waals surface area contributed by atoms with Crippen LogP contribution in [0, 0.1) is 0 Å². The first-order valence-corrected chi connectivity index (χ1v) is 8.45. The van der Waals surface area contributed by atoms with E-state index in [-0.39, 0.29) is 11.3 Å². The number of methoxy groups -OCH3 is 1. The van der Waals surface area contributed by atoms with E-state index >= 15 is 0 Å². The van der Waals surface area contributed by atoms with Crippen LogP contribution < -0.4 is 10.8 Å². The van der Waals surface area contributed by atoms with Gasteiger partial charge in [-0.25, -0.2) is 10.3 Å². The lowest BCUT2D eigenvalue weighted by Gasteiger charge is -2.24. The van der Waals surface area contributed by atoms with E-state index < -0.39 is 30.1 Å². The van der Waals surface area contributed by atoms with Gasteiger partial charge in [0, 0.05) is 18.7 Å². The number of nitrogens with one attached hydrogen (secondary N) is 2. The fourth-order valence-electron chi connectivity index (χ4n) is 2.41. The number of rotatable bonds is 7. The number of phenolic OH excluding ortho intramolecular Hbond substituents is 1. The van der Waals surface area contributed by atoms with E-state index in [4.69, 9.17) is 14.7 Å². The minimum Gasteiger partial charge on any atom is -0.508 e. The summed E-state index contributed by atoms with van der Waals surface area (Å²) in [6, 6.07) is 13.9. The first-order valence-electron chi connectivity index (χ1n) is 8.45. The summed E-state index contributed by atoms with van der Waals surface area (Å²) >= 11 is 0. The lowest BCUT2D eigenvalue weighted by Crippen LogP contribution is -2.34. The molecule has 0 radical (unpaired) electrons. The molecule has 3 amide bonds. The molecule has 29 heavy (non-hydrogen) atoms. The van der Waals surface area contributed by atoms with Crippen molar-refractivity contribution in [3.63, 3.8) is 0 Å². The number of carbonyl (C=O) groups is 3. The van der Waals surface area contributed by atoms with Gasteiger partial charge in [0.1, 0.15) is 11.9 Å². The Hall–Kier alpha value is -3.69. The highest BCUT2D eigenvalue weighted by molar-refractivity contribution is 6.02. The fourth-order valence-corrected chi connectivity index (χ4v) is 2.41. The van der Waals surface area contributed by atoms with Gasteiger partial charge >= 0.3 is 6.09 Å². The number of imide groups is 1. The topological polar surface area (TPSA) is 134 Å². The van der Waals surface area contributed by atoms with Crippen molar-refractivity contribution in [1.82, 2.24) is 10.8 Å². The van der Waals surface area contributed by atoms with Crippen molar-refractivity contribution in [3.05, 3.63) is 77.9 Å². The van der Waals surface area contributed by atoms with Gasteiger partial charge in [-0.2, -0.15) is 0 Å². The van der Waals surface area contributed by atoms with E-state index in [1.165, 1.54) is 55.1 Å². The lowest BCUT2D eigenvalue weighted by atomic mass is 10.0. The van der Waals surface area contributed by atoms with Crippen LogP contribution in [0.25, 0.3) is 0 Å². The van der Waals surface area contributed by atoms with Crippen LogP contribution in [0.5, 0.6) is 5.75 Å². The molecule has 0 aliphatic heterocycles. The van der Waals surface area contributed by atoms with Gasteiger partial charge in [-0.15, -0.1) is 0 Å². The fraction of sp³-hybridized carbons (Fsp3) is 0.150. The molecule has 2 aromatic rings. The molecule has 2 rings (SSSR count). The van der Waals surface area contributed by atoms with Gasteiger partial charge in [-0.05, 0) is 35.9 Å². The third-order valence-electron chi connectivity index (χ3n) is 3.83. The summed E-state index contributed by atoms with van der Waals surface area (Å²) in [6.45, 7) is 0. The van der Waals surface area contributed by atoms with Crippen LogP contribution in [0.1, 0.15) is 22.0 Å². The van der Waals surface area contributed by atoms with Crippen LogP contribution in [0.4, 0.5) is 4.79 Å². The smallest absolute Gasteiger partial charge is 0.414 e. The molecule has 0 bridgehead atoms. The Kier molecular flexibility index (Phi) is 7.89. The molecule has 0 unspecified atom stereocenters. The number of benzene rings is 2. The van der Waals surface area contributed by atoms with Crippen LogP contribution in [-0.2, 0) is 14.3 Å². The van der Waals surface area contributed by atoms with E-state index in [2.05, 4.69) is 5.32 Å². The molecule has 2 aromatic carbocycles. The van der Waals surface area contributed by atoms with Crippen LogP contribution in [0.2, 0.25) is 0 Å². The highest BCUT2D eigenvalue weighted by Crippen LogP contribution is 2.26. The van der Waals surface area contributed by atoms with Crippen molar-refractivity contribution in [3.8, 4) is 5.75 Å². The number of alkyl carbamates (subject to hydrolysis) is 1. The van der Waals surface area contributed by atoms with E-state index in [0.29, 0.717) is 5.56 Å². The molecule has 152 valence electrons. The molecular weight excluding hydrogens is 380 g/mol. The van der Waals surface area contributed by atoms with Crippen LogP contribution in [0.3, 0.4) is 0 Å². The number of hydrogen-bond acceptors (Lipinski definition) is 7.